The molecule has 0 spiro atoms. The normalized spacial score (nSPS) is 14.6. The number of alkyl halides is 6. The Morgan fingerprint density at radius 3 is 2.32 bits per heavy atom. The van der Waals surface area contributed by atoms with Crippen LogP contribution in [-0.2, 0) is 16.9 Å². The number of rotatable bonds is 4. The minimum absolute atomic E-state index is 0.0248. The lowest BCUT2D eigenvalue weighted by molar-refractivity contribution is -0.137. The van der Waals surface area contributed by atoms with E-state index in [1.54, 1.807) is 0 Å². The first-order chi connectivity index (χ1) is 12.7. The number of benzene rings is 1. The van der Waals surface area contributed by atoms with Gasteiger partial charge in [0, 0.05) is 0 Å². The molecule has 1 unspecified atom stereocenters. The van der Waals surface area contributed by atoms with Gasteiger partial charge in [-0.3, -0.25) is 0 Å². The highest BCUT2D eigenvalue weighted by molar-refractivity contribution is 7.72. The van der Waals surface area contributed by atoms with Crippen molar-refractivity contribution in [2.45, 2.75) is 31.5 Å². The van der Waals surface area contributed by atoms with Gasteiger partial charge in [-0.05, 0) is 43.7 Å². The molecule has 0 aliphatic carbocycles. The van der Waals surface area contributed by atoms with E-state index >= 15 is 0 Å². The molecule has 1 aromatic heterocycles. The van der Waals surface area contributed by atoms with Crippen LogP contribution in [0.2, 0.25) is 0 Å². The predicted octanol–water partition coefficient (Wildman–Crippen LogP) is 4.41. The van der Waals surface area contributed by atoms with Gasteiger partial charge in [0.05, 0.1) is 22.2 Å². The fourth-order valence-electron chi connectivity index (χ4n) is 2.28. The molecule has 0 saturated carbocycles. The summed E-state index contributed by atoms with van der Waals surface area (Å²) in [5, 5.41) is 4.40. The van der Waals surface area contributed by atoms with Crippen LogP contribution in [-0.4, -0.2) is 29.6 Å². The highest BCUT2D eigenvalue weighted by Crippen LogP contribution is 2.35. The molecule has 0 N–H and O–H groups in total. The second-order valence-electron chi connectivity index (χ2n) is 5.69. The highest BCUT2D eigenvalue weighted by Gasteiger charge is 2.34. The fourth-order valence-corrected chi connectivity index (χ4v) is 2.81. The molecule has 2 aromatic rings. The van der Waals surface area contributed by atoms with Crippen LogP contribution < -0.4 is 0 Å². The summed E-state index contributed by atoms with van der Waals surface area (Å²) < 4.78 is 100. The second-order valence-corrected chi connectivity index (χ2v) is 7.45. The number of aromatic nitrogens is 3. The Kier molecular flexibility index (Phi) is 6.14. The Morgan fingerprint density at radius 2 is 1.82 bits per heavy atom. The van der Waals surface area contributed by atoms with Crippen molar-refractivity contribution in [2.24, 2.45) is 0 Å². The van der Waals surface area contributed by atoms with E-state index in [0.29, 0.717) is 18.2 Å². The molecule has 0 bridgehead atoms. The van der Waals surface area contributed by atoms with E-state index in [9.17, 15) is 34.8 Å². The van der Waals surface area contributed by atoms with Crippen LogP contribution >= 0.6 is 11.6 Å². The fraction of sp³-hybridized carbons (Fsp3) is 0.333. The van der Waals surface area contributed by atoms with E-state index in [2.05, 4.69) is 10.3 Å². The molecule has 0 amide bonds. The zero-order chi connectivity index (χ0) is 21.4. The van der Waals surface area contributed by atoms with Gasteiger partial charge in [0.15, 0.2) is 0 Å². The van der Waals surface area contributed by atoms with Gasteiger partial charge >= 0.3 is 12.4 Å². The molecule has 154 valence electrons. The Bertz CT molecular complexity index is 987. The molecule has 0 fully saturated rings. The largest absolute Gasteiger partial charge is 0.427 e. The maximum Gasteiger partial charge on any atom is 0.427 e. The summed E-state index contributed by atoms with van der Waals surface area (Å²) in [7, 11) is -3.14. The average Bonchev–Trinajstić information content (AvgIpc) is 2.92. The Balaban J connectivity index is 2.66. The summed E-state index contributed by atoms with van der Waals surface area (Å²) in [6.45, 7) is 2.49. The van der Waals surface area contributed by atoms with E-state index in [-0.39, 0.29) is 22.6 Å². The summed E-state index contributed by atoms with van der Waals surface area (Å²) in [5.41, 5.74) is -1.61. The molecule has 13 heteroatoms. The number of hydrogen-bond acceptors (Lipinski definition) is 4. The lowest BCUT2D eigenvalue weighted by atomic mass is 10.1. The minimum Gasteiger partial charge on any atom is -0.231 e. The minimum atomic E-state index is -4.81. The van der Waals surface area contributed by atoms with Crippen LogP contribution in [0, 0.1) is 6.92 Å². The van der Waals surface area contributed by atoms with E-state index in [1.165, 1.54) is 13.8 Å². The van der Waals surface area contributed by atoms with Crippen LogP contribution in [0.15, 0.2) is 23.2 Å². The number of nitrogens with zero attached hydrogens (tertiary/aromatic N) is 3. The van der Waals surface area contributed by atoms with Crippen LogP contribution in [0.5, 0.6) is 0 Å². The molecular formula is C15H12ClF6N3O2S. The SMILES string of the molecule is Cc1c(/C=C(\Cl)C(F)(F)F)nnn1-c1ccc(C(F)(F)F)cc1C(C)[SH](=O)=O. The van der Waals surface area contributed by atoms with Crippen LogP contribution in [0.25, 0.3) is 11.8 Å². The van der Waals surface area contributed by atoms with Crippen molar-refractivity contribution in [3.63, 3.8) is 0 Å². The quantitative estimate of drug-likeness (QED) is 0.557. The number of allylic oxidation sites excluding steroid dienone is 1. The number of halogens is 7. The Labute approximate surface area is 161 Å². The molecule has 2 rings (SSSR count). The standard InChI is InChI=1S/C15H12ClF6N3O2S/c1-7-11(6-13(16)15(20,21)22)23-24-25(7)12-4-3-9(14(17,18)19)5-10(12)8(2)28(26)27/h3-6,8,28H,1-2H3/b13-6-. The lowest BCUT2D eigenvalue weighted by Crippen LogP contribution is -2.11. The van der Waals surface area contributed by atoms with Crippen LogP contribution in [0.3, 0.4) is 0 Å². The molecule has 1 aromatic carbocycles. The highest BCUT2D eigenvalue weighted by atomic mass is 35.5. The molecule has 0 radical (unpaired) electrons. The maximum absolute atomic E-state index is 13.0. The zero-order valence-corrected chi connectivity index (χ0v) is 15.8. The van der Waals surface area contributed by atoms with Crippen molar-refractivity contribution in [3.05, 3.63) is 45.7 Å². The molecular weight excluding hydrogens is 436 g/mol. The molecule has 28 heavy (non-hydrogen) atoms. The van der Waals surface area contributed by atoms with Gasteiger partial charge in [-0.15, -0.1) is 5.10 Å². The summed E-state index contributed by atoms with van der Waals surface area (Å²) in [4.78, 5) is 0. The van der Waals surface area contributed by atoms with Gasteiger partial charge in [0.1, 0.15) is 21.4 Å². The van der Waals surface area contributed by atoms with Crippen molar-refractivity contribution in [1.29, 1.82) is 0 Å². The van der Waals surface area contributed by atoms with Crippen molar-refractivity contribution in [1.82, 2.24) is 15.0 Å². The molecule has 0 saturated heterocycles. The third-order valence-electron chi connectivity index (χ3n) is 3.81. The molecule has 5 nitrogen and oxygen atoms in total. The first kappa shape index (κ1) is 22.2. The second kappa shape index (κ2) is 7.74. The smallest absolute Gasteiger partial charge is 0.231 e. The van der Waals surface area contributed by atoms with Crippen LogP contribution in [0.4, 0.5) is 26.3 Å². The van der Waals surface area contributed by atoms with E-state index in [1.807, 2.05) is 0 Å². The summed E-state index contributed by atoms with van der Waals surface area (Å²) in [5.74, 6) is 0. The summed E-state index contributed by atoms with van der Waals surface area (Å²) >= 11 is 5.17. The third-order valence-corrected chi connectivity index (χ3v) is 5.05. The summed E-state index contributed by atoms with van der Waals surface area (Å²) in [6.07, 6.45) is -9.01. The van der Waals surface area contributed by atoms with Gasteiger partial charge < -0.3 is 0 Å². The summed E-state index contributed by atoms with van der Waals surface area (Å²) in [6, 6.07) is 2.35. The van der Waals surface area contributed by atoms with Gasteiger partial charge in [-0.1, -0.05) is 16.8 Å². The first-order valence-electron chi connectivity index (χ1n) is 7.45. The average molecular weight is 448 g/mol. The lowest BCUT2D eigenvalue weighted by Gasteiger charge is -2.16. The van der Waals surface area contributed by atoms with Crippen molar-refractivity contribution >= 4 is 28.4 Å². The zero-order valence-electron chi connectivity index (χ0n) is 14.1. The van der Waals surface area contributed by atoms with Gasteiger partial charge in [0.25, 0.3) is 0 Å². The molecule has 1 atom stereocenters. The Morgan fingerprint density at radius 1 is 1.21 bits per heavy atom. The number of hydrogen-bond donors (Lipinski definition) is 1. The number of thiol groups is 1. The first-order valence-corrected chi connectivity index (χ1v) is 9.07. The van der Waals surface area contributed by atoms with E-state index in [0.717, 1.165) is 10.7 Å². The third kappa shape index (κ3) is 4.66. The van der Waals surface area contributed by atoms with Crippen molar-refractivity contribution < 1.29 is 34.8 Å². The monoisotopic (exact) mass is 447 g/mol. The molecule has 0 aliphatic rings. The van der Waals surface area contributed by atoms with Gasteiger partial charge in [-0.25, -0.2) is 13.1 Å². The topological polar surface area (TPSA) is 64.8 Å². The Hall–Kier alpha value is -2.08. The van der Waals surface area contributed by atoms with Crippen molar-refractivity contribution in [2.75, 3.05) is 0 Å². The van der Waals surface area contributed by atoms with E-state index in [4.69, 9.17) is 11.6 Å². The van der Waals surface area contributed by atoms with Crippen molar-refractivity contribution in [3.8, 4) is 5.69 Å². The van der Waals surface area contributed by atoms with Gasteiger partial charge in [0.2, 0.25) is 0 Å². The van der Waals surface area contributed by atoms with Crippen LogP contribution in [0.1, 0.15) is 34.7 Å². The predicted molar refractivity (Wildman–Crippen MR) is 89.7 cm³/mol. The maximum atomic E-state index is 13.0. The van der Waals surface area contributed by atoms with E-state index < -0.39 is 38.9 Å². The molecule has 0 aliphatic heterocycles. The molecule has 1 heterocycles. The van der Waals surface area contributed by atoms with Gasteiger partial charge in [-0.2, -0.15) is 26.3 Å².